The van der Waals surface area contributed by atoms with Gasteiger partial charge in [-0.2, -0.15) is 0 Å². The average molecular weight is 470 g/mol. The first kappa shape index (κ1) is 25.1. The third kappa shape index (κ3) is 6.97. The third-order valence-corrected chi connectivity index (χ3v) is 7.29. The first-order chi connectivity index (χ1) is 15.6. The maximum absolute atomic E-state index is 12.5. The second-order valence-corrected chi connectivity index (χ2v) is 9.86. The first-order valence-corrected chi connectivity index (χ1v) is 12.3. The highest BCUT2D eigenvalue weighted by molar-refractivity contribution is 7.44. The van der Waals surface area contributed by atoms with Crippen molar-refractivity contribution in [3.05, 3.63) is 44.0 Å². The van der Waals surface area contributed by atoms with Crippen LogP contribution >= 0.6 is 8.53 Å². The maximum atomic E-state index is 12.5. The average Bonchev–Trinajstić information content (AvgIpc) is 3.14. The summed E-state index contributed by atoms with van der Waals surface area (Å²) >= 11 is 0. The van der Waals surface area contributed by atoms with E-state index in [-0.39, 0.29) is 25.2 Å². The van der Waals surface area contributed by atoms with Gasteiger partial charge in [0.05, 0.1) is 12.2 Å². The van der Waals surface area contributed by atoms with E-state index in [0.29, 0.717) is 18.4 Å². The number of aryl methyl sites for hydroxylation is 1. The minimum Gasteiger partial charge on any atom is -0.352 e. The zero-order chi connectivity index (χ0) is 24.7. The molecule has 0 saturated carbocycles. The normalized spacial score (nSPS) is 23.5. The zero-order valence-electron chi connectivity index (χ0n) is 20.9. The second-order valence-electron chi connectivity index (χ2n) is 8.46. The molecular weight excluding hydrogens is 431 g/mol. The quantitative estimate of drug-likeness (QED) is 0.283. The summed E-state index contributed by atoms with van der Waals surface area (Å²) in [6, 6.07) is 0.292. The van der Waals surface area contributed by atoms with Gasteiger partial charge in [0.25, 0.3) is 14.1 Å². The van der Waals surface area contributed by atoms with Crippen molar-refractivity contribution in [2.45, 2.75) is 97.7 Å². The highest BCUT2D eigenvalue weighted by Crippen LogP contribution is 2.50. The van der Waals surface area contributed by atoms with Gasteiger partial charge < -0.3 is 18.6 Å². The molecule has 0 amide bonds. The molecule has 0 bridgehead atoms. The fraction of sp³-hybridized carbons (Fsp3) is 0.773. The summed E-state index contributed by atoms with van der Waals surface area (Å²) in [6.45, 7) is 19.4. The molecule has 5 atom stereocenters. The van der Waals surface area contributed by atoms with Crippen molar-refractivity contribution >= 4 is 8.53 Å². The van der Waals surface area contributed by atoms with Crippen molar-refractivity contribution in [1.82, 2.24) is 14.2 Å². The van der Waals surface area contributed by atoms with E-state index < -0.39 is 44.6 Å². The van der Waals surface area contributed by atoms with E-state index in [9.17, 15) is 9.59 Å². The number of ether oxygens (including phenoxy) is 1. The summed E-state index contributed by atoms with van der Waals surface area (Å²) in [7, 11) is -1.51. The Morgan fingerprint density at radius 1 is 1.41 bits per heavy atom. The molecule has 1 aliphatic heterocycles. The maximum Gasteiger partial charge on any atom is 0.330 e. The minimum absolute atomic E-state index is 0.146. The highest BCUT2D eigenvalue weighted by Gasteiger charge is 2.41. The van der Waals surface area contributed by atoms with Crippen molar-refractivity contribution < 1.29 is 15.2 Å². The number of nitrogens with zero attached hydrogens (tertiary/aromatic N) is 3. The molecule has 0 radical (unpaired) electrons. The molecule has 1 fully saturated rings. The van der Waals surface area contributed by atoms with E-state index in [1.807, 2.05) is 6.92 Å². The van der Waals surface area contributed by atoms with Crippen LogP contribution in [0.3, 0.4) is 0 Å². The Morgan fingerprint density at radius 2 is 2.09 bits per heavy atom. The van der Waals surface area contributed by atoms with Gasteiger partial charge in [-0.3, -0.25) is 14.3 Å². The van der Waals surface area contributed by atoms with E-state index in [1.165, 1.54) is 10.8 Å². The van der Waals surface area contributed by atoms with Crippen LogP contribution in [-0.2, 0) is 13.8 Å². The van der Waals surface area contributed by atoms with Gasteiger partial charge in [0.1, 0.15) is 12.8 Å². The lowest BCUT2D eigenvalue weighted by molar-refractivity contribution is -0.0234. The molecular formula is C22H37N4O5P. The molecule has 0 spiro atoms. The van der Waals surface area contributed by atoms with Gasteiger partial charge in [-0.15, -0.1) is 0 Å². The summed E-state index contributed by atoms with van der Waals surface area (Å²) in [5, 5.41) is 0. The lowest BCUT2D eigenvalue weighted by Gasteiger charge is -2.37. The lowest BCUT2D eigenvalue weighted by atomic mass is 10.1. The first-order valence-electron chi connectivity index (χ1n) is 11.8. The van der Waals surface area contributed by atoms with E-state index in [0.717, 1.165) is 6.42 Å². The molecule has 10 heteroatoms. The number of rotatable bonds is 12. The van der Waals surface area contributed by atoms with Gasteiger partial charge in [0, 0.05) is 31.6 Å². The van der Waals surface area contributed by atoms with E-state index in [2.05, 4.69) is 42.2 Å². The van der Waals surface area contributed by atoms with Crippen molar-refractivity contribution in [2.75, 3.05) is 13.2 Å². The van der Waals surface area contributed by atoms with Gasteiger partial charge in [-0.05, 0) is 41.0 Å². The van der Waals surface area contributed by atoms with Gasteiger partial charge >= 0.3 is 5.69 Å². The van der Waals surface area contributed by atoms with E-state index >= 15 is 0 Å². The Hall–Kier alpha value is -1.56. The van der Waals surface area contributed by atoms with Crippen LogP contribution in [0.4, 0.5) is 0 Å². The smallest absolute Gasteiger partial charge is 0.330 e. The number of hydrogen-bond donors (Lipinski definition) is 1. The molecule has 2 heterocycles. The Kier molecular flexibility index (Phi) is 9.89. The molecule has 1 aromatic heterocycles. The van der Waals surface area contributed by atoms with Crippen LogP contribution < -0.4 is 11.2 Å². The van der Waals surface area contributed by atoms with Crippen LogP contribution in [0.25, 0.3) is 4.85 Å². The fourth-order valence-electron chi connectivity index (χ4n) is 3.68. The number of H-pyrrole nitrogens is 1. The van der Waals surface area contributed by atoms with Gasteiger partial charge in [0.15, 0.2) is 0 Å². The summed E-state index contributed by atoms with van der Waals surface area (Å²) in [5.74, 6) is 0. The fourth-order valence-corrected chi connectivity index (χ4v) is 5.42. The number of aromatic amines is 1. The van der Waals surface area contributed by atoms with Crippen LogP contribution in [-0.4, -0.2) is 51.7 Å². The number of aromatic nitrogens is 2. The predicted molar refractivity (Wildman–Crippen MR) is 125 cm³/mol. The monoisotopic (exact) mass is 469 g/mol. The summed E-state index contributed by atoms with van der Waals surface area (Å²) in [5.41, 5.74) is -0.566. The number of hydrogen-bond acceptors (Lipinski definition) is 6. The van der Waals surface area contributed by atoms with Crippen LogP contribution in [0.1, 0.15) is 73.4 Å². The van der Waals surface area contributed by atoms with Crippen molar-refractivity contribution in [3.63, 3.8) is 0 Å². The topological polar surface area (TPSA) is 90.2 Å². The minimum atomic E-state index is -1.51. The molecule has 1 N–H and O–H groups in total. The van der Waals surface area contributed by atoms with Gasteiger partial charge in [-0.25, -0.2) is 16.0 Å². The standard InChI is InChI=1S/C22H37N4O5P/c1-8-9-10-18-19(13-20(30-18)25-14-17(6)21(27)24-22(25)28)31-32(29-12-11-23-7)26(15(2)3)16(4)5/h14-16,18-20H,8-13H2,1-6H3,(H,24,27,28)/t18-,19+,20-,32?/m1/s1/i10D/t10-,18-,19+,20-,32?. The largest absolute Gasteiger partial charge is 0.352 e. The number of nitrogens with one attached hydrogen (secondary N) is 1. The Labute approximate surface area is 193 Å². The summed E-state index contributed by atoms with van der Waals surface area (Å²) in [4.78, 5) is 29.9. The second kappa shape index (κ2) is 12.6. The van der Waals surface area contributed by atoms with E-state index in [4.69, 9.17) is 21.7 Å². The molecule has 0 aliphatic carbocycles. The molecule has 1 saturated heterocycles. The summed E-state index contributed by atoms with van der Waals surface area (Å²) in [6.07, 6.45) is 1.09. The van der Waals surface area contributed by atoms with Crippen LogP contribution in [0.15, 0.2) is 15.8 Å². The highest BCUT2D eigenvalue weighted by atomic mass is 31.2. The third-order valence-electron chi connectivity index (χ3n) is 5.14. The van der Waals surface area contributed by atoms with Crippen LogP contribution in [0.5, 0.6) is 0 Å². The van der Waals surface area contributed by atoms with Crippen LogP contribution in [0.2, 0.25) is 0 Å². The van der Waals surface area contributed by atoms with Crippen molar-refractivity contribution in [1.29, 1.82) is 0 Å². The molecule has 32 heavy (non-hydrogen) atoms. The van der Waals surface area contributed by atoms with Crippen LogP contribution in [0, 0.1) is 13.5 Å². The molecule has 1 aromatic rings. The molecule has 1 unspecified atom stereocenters. The Bertz CT molecular complexity index is 907. The Morgan fingerprint density at radius 3 is 2.69 bits per heavy atom. The molecule has 1 aliphatic rings. The zero-order valence-corrected chi connectivity index (χ0v) is 20.8. The molecule has 180 valence electrons. The molecule has 0 aromatic carbocycles. The SMILES string of the molecule is [2H][C@H](CCC)[C@H]1O[C@@H](n2cc(C)c(=O)[nH]c2=O)C[C@@H]1OP(OCC[N+]#[C-])N(C(C)C)C(C)C. The van der Waals surface area contributed by atoms with E-state index in [1.54, 1.807) is 6.92 Å². The van der Waals surface area contributed by atoms with Gasteiger partial charge in [0.2, 0.25) is 6.54 Å². The summed E-state index contributed by atoms with van der Waals surface area (Å²) < 4.78 is 30.9. The van der Waals surface area contributed by atoms with Crippen molar-refractivity contribution in [3.8, 4) is 0 Å². The lowest BCUT2D eigenvalue weighted by Crippen LogP contribution is -2.36. The molecule has 2 rings (SSSR count). The predicted octanol–water partition coefficient (Wildman–Crippen LogP) is 3.99. The molecule has 9 nitrogen and oxygen atoms in total. The van der Waals surface area contributed by atoms with Gasteiger partial charge in [-0.1, -0.05) is 19.8 Å². The Balaban J connectivity index is 2.35. The van der Waals surface area contributed by atoms with Crippen molar-refractivity contribution in [2.24, 2.45) is 0 Å².